The van der Waals surface area contributed by atoms with E-state index in [1.807, 2.05) is 61.5 Å². The number of para-hydroxylation sites is 2. The Morgan fingerprint density at radius 3 is 2.57 bits per heavy atom. The molecule has 0 radical (unpaired) electrons. The highest BCUT2D eigenvalue weighted by Crippen LogP contribution is 2.31. The standard InChI is InChI=1S/C21H20N4O3/c1-14-12-16-8-6-7-11-18(16)24(14)19(26)13-28-21(27)20-15(2)22-25(23-20)17-9-4-3-5-10-17/h3-11,14H,12-13H2,1-2H3/t14-/m1/s1. The van der Waals surface area contributed by atoms with Gasteiger partial charge in [-0.2, -0.15) is 9.90 Å². The summed E-state index contributed by atoms with van der Waals surface area (Å²) in [5.41, 5.74) is 3.29. The summed E-state index contributed by atoms with van der Waals surface area (Å²) in [4.78, 5) is 28.2. The average molecular weight is 376 g/mol. The molecule has 7 heteroatoms. The quantitative estimate of drug-likeness (QED) is 0.655. The number of hydrogen-bond acceptors (Lipinski definition) is 5. The number of rotatable bonds is 4. The monoisotopic (exact) mass is 376 g/mol. The summed E-state index contributed by atoms with van der Waals surface area (Å²) in [6.07, 6.45) is 0.792. The zero-order valence-corrected chi connectivity index (χ0v) is 15.7. The van der Waals surface area contributed by atoms with Crippen molar-refractivity contribution in [2.24, 2.45) is 0 Å². The lowest BCUT2D eigenvalue weighted by molar-refractivity contribution is -0.122. The van der Waals surface area contributed by atoms with Gasteiger partial charge in [-0.15, -0.1) is 5.10 Å². The van der Waals surface area contributed by atoms with Gasteiger partial charge in [-0.1, -0.05) is 36.4 Å². The second-order valence-corrected chi connectivity index (χ2v) is 6.78. The minimum atomic E-state index is -0.659. The summed E-state index contributed by atoms with van der Waals surface area (Å²) < 4.78 is 5.25. The largest absolute Gasteiger partial charge is 0.451 e. The zero-order chi connectivity index (χ0) is 19.7. The Morgan fingerprint density at radius 2 is 1.79 bits per heavy atom. The highest BCUT2D eigenvalue weighted by atomic mass is 16.5. The number of ether oxygens (including phenoxy) is 1. The predicted molar refractivity (Wildman–Crippen MR) is 103 cm³/mol. The first kappa shape index (κ1) is 17.9. The Hall–Kier alpha value is -3.48. The molecule has 1 atom stereocenters. The van der Waals surface area contributed by atoms with E-state index in [0.717, 1.165) is 23.4 Å². The van der Waals surface area contributed by atoms with E-state index in [9.17, 15) is 9.59 Å². The molecule has 0 unspecified atom stereocenters. The van der Waals surface area contributed by atoms with E-state index in [1.165, 1.54) is 4.80 Å². The first-order chi connectivity index (χ1) is 13.5. The molecule has 0 bridgehead atoms. The molecule has 142 valence electrons. The normalized spacial score (nSPS) is 15.4. The summed E-state index contributed by atoms with van der Waals surface area (Å²) in [6.45, 7) is 3.33. The van der Waals surface area contributed by atoms with Crippen LogP contribution in [0, 0.1) is 6.92 Å². The predicted octanol–water partition coefficient (Wildman–Crippen LogP) is 2.71. The fourth-order valence-electron chi connectivity index (χ4n) is 3.45. The zero-order valence-electron chi connectivity index (χ0n) is 15.7. The molecular formula is C21H20N4O3. The Kier molecular flexibility index (Phi) is 4.65. The molecule has 7 nitrogen and oxygen atoms in total. The number of carbonyl (C=O) groups excluding carboxylic acids is 2. The van der Waals surface area contributed by atoms with Crippen LogP contribution in [0.1, 0.15) is 28.7 Å². The van der Waals surface area contributed by atoms with Gasteiger partial charge in [0.2, 0.25) is 0 Å². The van der Waals surface area contributed by atoms with Gasteiger partial charge in [-0.05, 0) is 44.0 Å². The third kappa shape index (κ3) is 3.26. The number of aromatic nitrogens is 3. The highest BCUT2D eigenvalue weighted by molar-refractivity contribution is 5.98. The van der Waals surface area contributed by atoms with Crippen molar-refractivity contribution in [3.05, 3.63) is 71.5 Å². The van der Waals surface area contributed by atoms with Crippen LogP contribution in [-0.4, -0.2) is 39.5 Å². The van der Waals surface area contributed by atoms with Crippen LogP contribution in [0.15, 0.2) is 54.6 Å². The Bertz CT molecular complexity index is 1030. The molecule has 1 aliphatic rings. The van der Waals surface area contributed by atoms with E-state index in [-0.39, 0.29) is 24.2 Å². The van der Waals surface area contributed by atoms with Crippen LogP contribution in [0.2, 0.25) is 0 Å². The minimum Gasteiger partial charge on any atom is -0.451 e. The van der Waals surface area contributed by atoms with Crippen LogP contribution in [0.4, 0.5) is 5.69 Å². The number of aryl methyl sites for hydroxylation is 1. The maximum absolute atomic E-state index is 12.7. The molecular weight excluding hydrogens is 356 g/mol. The van der Waals surface area contributed by atoms with Crippen molar-refractivity contribution in [2.45, 2.75) is 26.3 Å². The molecule has 0 fully saturated rings. The lowest BCUT2D eigenvalue weighted by Crippen LogP contribution is -2.38. The third-order valence-corrected chi connectivity index (χ3v) is 4.77. The number of benzene rings is 2. The molecule has 0 saturated heterocycles. The summed E-state index contributed by atoms with van der Waals surface area (Å²) in [5.74, 6) is -0.910. The van der Waals surface area contributed by atoms with E-state index >= 15 is 0 Å². The topological polar surface area (TPSA) is 77.3 Å². The van der Waals surface area contributed by atoms with Gasteiger partial charge in [0.15, 0.2) is 12.3 Å². The first-order valence-electron chi connectivity index (χ1n) is 9.11. The van der Waals surface area contributed by atoms with Crippen LogP contribution in [0.3, 0.4) is 0 Å². The van der Waals surface area contributed by atoms with Crippen molar-refractivity contribution in [3.63, 3.8) is 0 Å². The van der Waals surface area contributed by atoms with Crippen molar-refractivity contribution >= 4 is 17.6 Å². The summed E-state index contributed by atoms with van der Waals surface area (Å²) in [7, 11) is 0. The van der Waals surface area contributed by atoms with E-state index in [4.69, 9.17) is 4.74 Å². The van der Waals surface area contributed by atoms with Crippen LogP contribution in [0.5, 0.6) is 0 Å². The summed E-state index contributed by atoms with van der Waals surface area (Å²) in [6, 6.07) is 17.1. The molecule has 0 N–H and O–H groups in total. The number of nitrogens with zero attached hydrogens (tertiary/aromatic N) is 4. The maximum Gasteiger partial charge on any atom is 0.361 e. The number of amides is 1. The Labute approximate surface area is 162 Å². The van der Waals surface area contributed by atoms with Gasteiger partial charge in [0, 0.05) is 11.7 Å². The van der Waals surface area contributed by atoms with Crippen molar-refractivity contribution in [1.29, 1.82) is 0 Å². The van der Waals surface area contributed by atoms with Crippen molar-refractivity contribution in [3.8, 4) is 5.69 Å². The lowest BCUT2D eigenvalue weighted by Gasteiger charge is -2.22. The Balaban J connectivity index is 1.45. The molecule has 3 aromatic rings. The molecule has 1 amide bonds. The SMILES string of the molecule is Cc1nn(-c2ccccc2)nc1C(=O)OCC(=O)N1c2ccccc2C[C@H]1C. The van der Waals surface area contributed by atoms with E-state index in [2.05, 4.69) is 10.2 Å². The van der Waals surface area contributed by atoms with Crippen molar-refractivity contribution < 1.29 is 14.3 Å². The molecule has 28 heavy (non-hydrogen) atoms. The lowest BCUT2D eigenvalue weighted by atomic mass is 10.1. The summed E-state index contributed by atoms with van der Waals surface area (Å²) >= 11 is 0. The maximum atomic E-state index is 12.7. The van der Waals surface area contributed by atoms with Gasteiger partial charge in [0.1, 0.15) is 0 Å². The fraction of sp³-hybridized carbons (Fsp3) is 0.238. The highest BCUT2D eigenvalue weighted by Gasteiger charge is 2.31. The average Bonchev–Trinajstić information content (AvgIpc) is 3.26. The van der Waals surface area contributed by atoms with Crippen molar-refractivity contribution in [2.75, 3.05) is 11.5 Å². The second-order valence-electron chi connectivity index (χ2n) is 6.78. The third-order valence-electron chi connectivity index (χ3n) is 4.77. The smallest absolute Gasteiger partial charge is 0.361 e. The van der Waals surface area contributed by atoms with Crippen LogP contribution in [-0.2, 0) is 16.0 Å². The van der Waals surface area contributed by atoms with Gasteiger partial charge in [0.05, 0.1) is 11.4 Å². The molecule has 0 aliphatic carbocycles. The molecule has 2 aromatic carbocycles. The first-order valence-corrected chi connectivity index (χ1v) is 9.11. The van der Waals surface area contributed by atoms with Crippen LogP contribution in [0.25, 0.3) is 5.69 Å². The number of hydrogen-bond donors (Lipinski definition) is 0. The molecule has 0 saturated carbocycles. The van der Waals surface area contributed by atoms with Gasteiger partial charge in [0.25, 0.3) is 5.91 Å². The van der Waals surface area contributed by atoms with Gasteiger partial charge < -0.3 is 9.64 Å². The fourth-order valence-corrected chi connectivity index (χ4v) is 3.45. The van der Waals surface area contributed by atoms with Crippen molar-refractivity contribution in [1.82, 2.24) is 15.0 Å². The number of carbonyl (C=O) groups is 2. The molecule has 0 spiro atoms. The van der Waals surface area contributed by atoms with Gasteiger partial charge in [-0.3, -0.25) is 4.79 Å². The van der Waals surface area contributed by atoms with Gasteiger partial charge >= 0.3 is 5.97 Å². The number of esters is 1. The van der Waals surface area contributed by atoms with Crippen LogP contribution < -0.4 is 4.90 Å². The summed E-state index contributed by atoms with van der Waals surface area (Å²) in [5, 5.41) is 8.47. The molecule has 4 rings (SSSR count). The number of fused-ring (bicyclic) bond motifs is 1. The second kappa shape index (κ2) is 7.26. The molecule has 2 heterocycles. The molecule has 1 aromatic heterocycles. The van der Waals surface area contributed by atoms with E-state index in [0.29, 0.717) is 5.69 Å². The Morgan fingerprint density at radius 1 is 1.07 bits per heavy atom. The molecule has 1 aliphatic heterocycles. The minimum absolute atomic E-state index is 0.0318. The number of anilines is 1. The van der Waals surface area contributed by atoms with E-state index in [1.54, 1.807) is 11.8 Å². The van der Waals surface area contributed by atoms with E-state index < -0.39 is 5.97 Å². The van der Waals surface area contributed by atoms with Crippen LogP contribution >= 0.6 is 0 Å². The van der Waals surface area contributed by atoms with Gasteiger partial charge in [-0.25, -0.2) is 4.79 Å².